The molecule has 2 amide bonds. The molecule has 3 aliphatic rings. The molecule has 45 heavy (non-hydrogen) atoms. The highest BCUT2D eigenvalue weighted by Gasteiger charge is 2.43. The number of amides is 2. The van der Waals surface area contributed by atoms with Crippen molar-refractivity contribution in [1.29, 1.82) is 0 Å². The zero-order valence-electron chi connectivity index (χ0n) is 26.3. The number of rotatable bonds is 10. The molecule has 2 aliphatic heterocycles. The molecule has 4 atom stereocenters. The summed E-state index contributed by atoms with van der Waals surface area (Å²) >= 11 is 6.06. The first-order valence-corrected chi connectivity index (χ1v) is 16.8. The molecule has 1 saturated heterocycles. The second kappa shape index (κ2) is 14.9. The minimum atomic E-state index is -0.866. The molecule has 1 aromatic heterocycles. The Labute approximate surface area is 269 Å². The molecule has 2 N–H and O–H groups in total. The molecule has 3 heterocycles. The van der Waals surface area contributed by atoms with Crippen molar-refractivity contribution >= 4 is 29.4 Å². The highest BCUT2D eigenvalue weighted by Crippen LogP contribution is 2.34. The Morgan fingerprint density at radius 3 is 2.56 bits per heavy atom. The van der Waals surface area contributed by atoms with Crippen LogP contribution in [0.15, 0.2) is 29.1 Å². The Balaban J connectivity index is 1.36. The van der Waals surface area contributed by atoms with E-state index in [-0.39, 0.29) is 49.2 Å². The lowest BCUT2D eigenvalue weighted by atomic mass is 9.81. The number of β-amino-alcohol motifs (C(OH)–C–C–N with tert-alkyl or cyclic N) is 1. The van der Waals surface area contributed by atoms with E-state index in [1.165, 1.54) is 18.4 Å². The Morgan fingerprint density at radius 1 is 1.13 bits per heavy atom. The number of esters is 1. The van der Waals surface area contributed by atoms with Crippen LogP contribution in [0.1, 0.15) is 94.7 Å². The van der Waals surface area contributed by atoms with Gasteiger partial charge in [-0.1, -0.05) is 63.5 Å². The number of unbranched alkanes of at least 4 members (excludes halogenated alkanes) is 1. The number of methoxy groups -OCH3 is 1. The summed E-state index contributed by atoms with van der Waals surface area (Å²) in [4.78, 5) is 64.7. The van der Waals surface area contributed by atoms with Crippen LogP contribution in [0.3, 0.4) is 0 Å². The highest BCUT2D eigenvalue weighted by molar-refractivity contribution is 6.30. The van der Waals surface area contributed by atoms with Crippen LogP contribution < -0.4 is 5.56 Å². The van der Waals surface area contributed by atoms with Gasteiger partial charge in [-0.3, -0.25) is 19.2 Å². The van der Waals surface area contributed by atoms with E-state index in [4.69, 9.17) is 21.3 Å². The number of aromatic amines is 1. The summed E-state index contributed by atoms with van der Waals surface area (Å²) in [5, 5.41) is 11.2. The van der Waals surface area contributed by atoms with Crippen LogP contribution in [-0.4, -0.2) is 75.0 Å². The second-order valence-corrected chi connectivity index (χ2v) is 13.4. The standard InChI is InChI=1S/C34H45ClN4O6/c1-3-4-10-23-18-38(20-27-30(23)36-31(37-32(27)42)22-11-13-25(35)14-12-22)33(43)28-17-26(40)19-39(28)29(41)16-24(34(44)45-2)15-21-8-6-5-7-9-21/h11-14,21,23-24,26,28,40H,3-10,15-20H2,1-2H3,(H,36,37,42)/t23?,24-,26-,28+/m1/s1. The van der Waals surface area contributed by atoms with Crippen LogP contribution >= 0.6 is 11.6 Å². The molecule has 1 aliphatic carbocycles. The van der Waals surface area contributed by atoms with Crippen molar-refractivity contribution < 1.29 is 24.2 Å². The fourth-order valence-electron chi connectivity index (χ4n) is 7.32. The van der Waals surface area contributed by atoms with Crippen LogP contribution in [0.25, 0.3) is 11.4 Å². The number of H-pyrrole nitrogens is 1. The highest BCUT2D eigenvalue weighted by atomic mass is 35.5. The van der Waals surface area contributed by atoms with Crippen molar-refractivity contribution in [2.75, 3.05) is 20.2 Å². The maximum Gasteiger partial charge on any atom is 0.309 e. The molecule has 1 unspecified atom stereocenters. The van der Waals surface area contributed by atoms with Gasteiger partial charge >= 0.3 is 5.97 Å². The normalized spacial score (nSPS) is 22.6. The van der Waals surface area contributed by atoms with Gasteiger partial charge in [-0.05, 0) is 43.0 Å². The van der Waals surface area contributed by atoms with Crippen molar-refractivity contribution in [2.45, 2.75) is 102 Å². The fourth-order valence-corrected chi connectivity index (χ4v) is 7.45. The topological polar surface area (TPSA) is 133 Å². The molecule has 10 nitrogen and oxygen atoms in total. The zero-order valence-corrected chi connectivity index (χ0v) is 27.1. The smallest absolute Gasteiger partial charge is 0.309 e. The lowest BCUT2D eigenvalue weighted by molar-refractivity contribution is -0.151. The zero-order chi connectivity index (χ0) is 32.1. The van der Waals surface area contributed by atoms with Crippen LogP contribution in [0, 0.1) is 11.8 Å². The van der Waals surface area contributed by atoms with Crippen molar-refractivity contribution in [3.05, 3.63) is 50.9 Å². The van der Waals surface area contributed by atoms with E-state index in [1.54, 1.807) is 17.0 Å². The number of hydrogen-bond acceptors (Lipinski definition) is 7. The number of aromatic nitrogens is 2. The third-order valence-electron chi connectivity index (χ3n) is 9.74. The van der Waals surface area contributed by atoms with E-state index in [9.17, 15) is 24.3 Å². The summed E-state index contributed by atoms with van der Waals surface area (Å²) in [5.74, 6) is -0.941. The summed E-state index contributed by atoms with van der Waals surface area (Å²) in [6.07, 6.45) is 7.92. The molecule has 0 spiro atoms. The first-order chi connectivity index (χ1) is 21.7. The number of fused-ring (bicyclic) bond motifs is 1. The van der Waals surface area contributed by atoms with Gasteiger partial charge in [0.1, 0.15) is 11.9 Å². The molecule has 11 heteroatoms. The third kappa shape index (κ3) is 7.77. The second-order valence-electron chi connectivity index (χ2n) is 13.0. The molecular formula is C34H45ClN4O6. The van der Waals surface area contributed by atoms with Gasteiger partial charge in [0.25, 0.3) is 5.56 Å². The number of ether oxygens (including phenoxy) is 1. The number of carbonyl (C=O) groups excluding carboxylic acids is 3. The average molecular weight is 641 g/mol. The van der Waals surface area contributed by atoms with Gasteiger partial charge in [-0.25, -0.2) is 4.98 Å². The first-order valence-electron chi connectivity index (χ1n) is 16.4. The summed E-state index contributed by atoms with van der Waals surface area (Å²) in [6, 6.07) is 6.25. The van der Waals surface area contributed by atoms with Gasteiger partial charge in [0, 0.05) is 42.4 Å². The van der Waals surface area contributed by atoms with Gasteiger partial charge in [-0.2, -0.15) is 0 Å². The molecule has 2 aromatic rings. The number of benzene rings is 1. The minimum absolute atomic E-state index is 0.0306. The maximum atomic E-state index is 14.1. The predicted molar refractivity (Wildman–Crippen MR) is 170 cm³/mol. The van der Waals surface area contributed by atoms with Gasteiger partial charge in [-0.15, -0.1) is 0 Å². The Bertz CT molecular complexity index is 1420. The SMILES string of the molecule is CCCCC1CN(C(=O)[C@@H]2C[C@@H](O)CN2C(=O)C[C@@H](CC2CCCCC2)C(=O)OC)Cc2c1nc(-c1ccc(Cl)cc1)[nH]c2=O. The number of aliphatic hydroxyl groups excluding tert-OH is 1. The average Bonchev–Trinajstić information content (AvgIpc) is 3.45. The van der Waals surface area contributed by atoms with E-state index >= 15 is 0 Å². The van der Waals surface area contributed by atoms with Gasteiger partial charge in [0.2, 0.25) is 11.8 Å². The lowest BCUT2D eigenvalue weighted by Crippen LogP contribution is -2.51. The minimum Gasteiger partial charge on any atom is -0.469 e. The number of aliphatic hydroxyl groups is 1. The van der Waals surface area contributed by atoms with Crippen LogP contribution in [0.5, 0.6) is 0 Å². The monoisotopic (exact) mass is 640 g/mol. The van der Waals surface area contributed by atoms with E-state index in [0.29, 0.717) is 41.0 Å². The Morgan fingerprint density at radius 2 is 1.87 bits per heavy atom. The first kappa shape index (κ1) is 33.1. The van der Waals surface area contributed by atoms with Crippen LogP contribution in [0.2, 0.25) is 5.02 Å². The van der Waals surface area contributed by atoms with Crippen LogP contribution in [0.4, 0.5) is 0 Å². The molecular weight excluding hydrogens is 596 g/mol. The summed E-state index contributed by atoms with van der Waals surface area (Å²) < 4.78 is 5.06. The number of nitrogens with zero attached hydrogens (tertiary/aromatic N) is 3. The van der Waals surface area contributed by atoms with Gasteiger partial charge in [0.15, 0.2) is 0 Å². The van der Waals surface area contributed by atoms with Crippen molar-refractivity contribution in [1.82, 2.24) is 19.8 Å². The lowest BCUT2D eigenvalue weighted by Gasteiger charge is -2.37. The van der Waals surface area contributed by atoms with Crippen molar-refractivity contribution in [3.63, 3.8) is 0 Å². The van der Waals surface area contributed by atoms with E-state index < -0.39 is 24.0 Å². The van der Waals surface area contributed by atoms with E-state index in [2.05, 4.69) is 11.9 Å². The largest absolute Gasteiger partial charge is 0.469 e. The number of carbonyl (C=O) groups is 3. The number of hydrogen-bond donors (Lipinski definition) is 2. The number of halogens is 1. The maximum absolute atomic E-state index is 14.1. The quantitative estimate of drug-likeness (QED) is 0.356. The van der Waals surface area contributed by atoms with Crippen molar-refractivity contribution in [2.24, 2.45) is 11.8 Å². The molecule has 1 aromatic carbocycles. The fraction of sp³-hybridized carbons (Fsp3) is 0.618. The third-order valence-corrected chi connectivity index (χ3v) is 9.99. The van der Waals surface area contributed by atoms with Crippen LogP contribution in [-0.2, 0) is 25.7 Å². The number of likely N-dealkylation sites (tertiary alicyclic amines) is 1. The molecule has 1 saturated carbocycles. The Kier molecular flexibility index (Phi) is 11.0. The molecule has 0 radical (unpaired) electrons. The van der Waals surface area contributed by atoms with Gasteiger partial charge < -0.3 is 24.6 Å². The summed E-state index contributed by atoms with van der Waals surface area (Å²) in [6.45, 7) is 2.56. The van der Waals surface area contributed by atoms with E-state index in [0.717, 1.165) is 50.5 Å². The predicted octanol–water partition coefficient (Wildman–Crippen LogP) is 4.82. The van der Waals surface area contributed by atoms with Gasteiger partial charge in [0.05, 0.1) is 36.9 Å². The van der Waals surface area contributed by atoms with Crippen molar-refractivity contribution in [3.8, 4) is 11.4 Å². The Hall–Kier alpha value is -3.24. The summed E-state index contributed by atoms with van der Waals surface area (Å²) in [7, 11) is 1.34. The number of nitrogens with one attached hydrogen (secondary N) is 1. The molecule has 0 bridgehead atoms. The molecule has 244 valence electrons. The molecule has 5 rings (SSSR count). The molecule has 2 fully saturated rings. The van der Waals surface area contributed by atoms with E-state index in [1.807, 2.05) is 12.1 Å². The summed E-state index contributed by atoms with van der Waals surface area (Å²) in [5.41, 5.74) is 1.59.